The Hall–Kier alpha value is -0.630. The molecular weight excluding hydrogens is 180 g/mol. The van der Waals surface area contributed by atoms with Gasteiger partial charge >= 0.3 is 0 Å². The lowest BCUT2D eigenvalue weighted by molar-refractivity contribution is -0.120. The number of thiophene rings is 1. The number of carbonyl (C=O) groups excluding carboxylic acids is 1. The molecule has 0 unspecified atom stereocenters. The van der Waals surface area contributed by atoms with Gasteiger partial charge in [0.2, 0.25) is 0 Å². The Bertz CT molecular complexity index is 310. The number of hydrogen-bond acceptors (Lipinski definition) is 2. The third-order valence-corrected chi connectivity index (χ3v) is 3.51. The molecule has 1 heterocycles. The normalized spacial score (nSPS) is 16.1. The van der Waals surface area contributed by atoms with Crippen LogP contribution in [0.15, 0.2) is 12.1 Å². The second kappa shape index (κ2) is 3.62. The fourth-order valence-electron chi connectivity index (χ4n) is 1.48. The number of rotatable bonds is 4. The highest BCUT2D eigenvalue weighted by Crippen LogP contribution is 2.31. The summed E-state index contributed by atoms with van der Waals surface area (Å²) < 4.78 is 0. The van der Waals surface area contributed by atoms with Crippen LogP contribution in [0.3, 0.4) is 0 Å². The zero-order valence-corrected chi connectivity index (χ0v) is 8.69. The Morgan fingerprint density at radius 3 is 2.85 bits per heavy atom. The summed E-state index contributed by atoms with van der Waals surface area (Å²) in [5.41, 5.74) is 0. The molecule has 70 valence electrons. The predicted octanol–water partition coefficient (Wildman–Crippen LogP) is 2.97. The van der Waals surface area contributed by atoms with Gasteiger partial charge in [-0.15, -0.1) is 11.3 Å². The summed E-state index contributed by atoms with van der Waals surface area (Å²) in [4.78, 5) is 14.1. The van der Waals surface area contributed by atoms with Crippen LogP contribution in [-0.4, -0.2) is 5.78 Å². The van der Waals surface area contributed by atoms with Gasteiger partial charge in [-0.1, -0.05) is 0 Å². The van der Waals surface area contributed by atoms with E-state index in [9.17, 15) is 4.79 Å². The summed E-state index contributed by atoms with van der Waals surface area (Å²) in [6, 6.07) is 4.27. The maximum absolute atomic E-state index is 11.4. The molecule has 0 saturated heterocycles. The lowest BCUT2D eigenvalue weighted by Gasteiger charge is -1.95. The number of aryl methyl sites for hydroxylation is 2. The number of carbonyl (C=O) groups is 1. The van der Waals surface area contributed by atoms with E-state index in [1.165, 1.54) is 9.75 Å². The molecule has 0 bridgehead atoms. The lowest BCUT2D eigenvalue weighted by Crippen LogP contribution is -2.00. The number of ketones is 1. The Labute approximate surface area is 82.8 Å². The summed E-state index contributed by atoms with van der Waals surface area (Å²) in [7, 11) is 0. The molecule has 0 amide bonds. The van der Waals surface area contributed by atoms with Crippen molar-refractivity contribution in [3.8, 4) is 0 Å². The smallest absolute Gasteiger partial charge is 0.136 e. The maximum atomic E-state index is 11.4. The van der Waals surface area contributed by atoms with Crippen molar-refractivity contribution in [2.24, 2.45) is 5.92 Å². The van der Waals surface area contributed by atoms with Crippen LogP contribution in [0.1, 0.15) is 29.0 Å². The second-order valence-corrected chi connectivity index (χ2v) is 5.13. The monoisotopic (exact) mass is 194 g/mol. The number of Topliss-reactive ketones (excluding diaryl/α,β-unsaturated/α-hetero) is 1. The van der Waals surface area contributed by atoms with Crippen LogP contribution in [0.2, 0.25) is 0 Å². The molecule has 1 aliphatic rings. The van der Waals surface area contributed by atoms with Crippen LogP contribution in [0.25, 0.3) is 0 Å². The molecule has 2 heteroatoms. The fourth-order valence-corrected chi connectivity index (χ4v) is 2.37. The molecule has 2 rings (SSSR count). The van der Waals surface area contributed by atoms with Gasteiger partial charge in [-0.05, 0) is 38.3 Å². The van der Waals surface area contributed by atoms with E-state index in [1.54, 1.807) is 0 Å². The van der Waals surface area contributed by atoms with Crippen molar-refractivity contribution in [3.05, 3.63) is 21.9 Å². The Balaban J connectivity index is 1.81. The summed E-state index contributed by atoms with van der Waals surface area (Å²) >= 11 is 1.81. The van der Waals surface area contributed by atoms with Crippen LogP contribution in [0.5, 0.6) is 0 Å². The van der Waals surface area contributed by atoms with Crippen molar-refractivity contribution >= 4 is 17.1 Å². The highest BCUT2D eigenvalue weighted by molar-refractivity contribution is 7.11. The lowest BCUT2D eigenvalue weighted by atomic mass is 10.1. The average molecular weight is 194 g/mol. The van der Waals surface area contributed by atoms with Crippen molar-refractivity contribution in [2.75, 3.05) is 0 Å². The maximum Gasteiger partial charge on any atom is 0.136 e. The molecule has 1 fully saturated rings. The highest BCUT2D eigenvalue weighted by atomic mass is 32.1. The predicted molar refractivity (Wildman–Crippen MR) is 55.1 cm³/mol. The van der Waals surface area contributed by atoms with Crippen molar-refractivity contribution in [3.63, 3.8) is 0 Å². The van der Waals surface area contributed by atoms with E-state index in [1.807, 2.05) is 11.3 Å². The van der Waals surface area contributed by atoms with E-state index in [2.05, 4.69) is 19.1 Å². The first-order valence-electron chi connectivity index (χ1n) is 4.84. The Kier molecular flexibility index (Phi) is 2.49. The molecule has 0 N–H and O–H groups in total. The molecular formula is C11H14OS. The summed E-state index contributed by atoms with van der Waals surface area (Å²) in [5, 5.41) is 0. The fraction of sp³-hybridized carbons (Fsp3) is 0.545. The summed E-state index contributed by atoms with van der Waals surface area (Å²) in [5.74, 6) is 0.909. The molecule has 0 spiro atoms. The van der Waals surface area contributed by atoms with Gasteiger partial charge in [0.25, 0.3) is 0 Å². The Morgan fingerprint density at radius 2 is 2.31 bits per heavy atom. The molecule has 1 nitrogen and oxygen atoms in total. The van der Waals surface area contributed by atoms with E-state index in [4.69, 9.17) is 0 Å². The zero-order valence-electron chi connectivity index (χ0n) is 7.88. The molecule has 13 heavy (non-hydrogen) atoms. The van der Waals surface area contributed by atoms with E-state index in [-0.39, 0.29) is 0 Å². The van der Waals surface area contributed by atoms with E-state index in [0.29, 0.717) is 11.7 Å². The third kappa shape index (κ3) is 2.41. The van der Waals surface area contributed by atoms with E-state index < -0.39 is 0 Å². The van der Waals surface area contributed by atoms with Gasteiger partial charge in [0.05, 0.1) is 0 Å². The molecule has 0 radical (unpaired) electrons. The first kappa shape index (κ1) is 8.95. The minimum Gasteiger partial charge on any atom is -0.299 e. The van der Waals surface area contributed by atoms with Crippen molar-refractivity contribution in [1.82, 2.24) is 0 Å². The Morgan fingerprint density at radius 1 is 1.54 bits per heavy atom. The molecule has 1 aliphatic carbocycles. The molecule has 0 aromatic carbocycles. The SMILES string of the molecule is Cc1ccc(CCC(=O)C2CC2)s1. The van der Waals surface area contributed by atoms with Crippen LogP contribution >= 0.6 is 11.3 Å². The third-order valence-electron chi connectivity index (χ3n) is 2.45. The highest BCUT2D eigenvalue weighted by Gasteiger charge is 2.28. The average Bonchev–Trinajstić information content (AvgIpc) is 2.87. The zero-order chi connectivity index (χ0) is 9.26. The topological polar surface area (TPSA) is 17.1 Å². The van der Waals surface area contributed by atoms with Crippen molar-refractivity contribution in [1.29, 1.82) is 0 Å². The van der Waals surface area contributed by atoms with Gasteiger partial charge in [-0.3, -0.25) is 4.79 Å². The van der Waals surface area contributed by atoms with E-state index in [0.717, 1.165) is 25.7 Å². The van der Waals surface area contributed by atoms with E-state index >= 15 is 0 Å². The minimum absolute atomic E-state index is 0.432. The van der Waals surface area contributed by atoms with Gasteiger partial charge < -0.3 is 0 Å². The summed E-state index contributed by atoms with van der Waals surface area (Å²) in [6.07, 6.45) is 3.99. The van der Waals surface area contributed by atoms with Gasteiger partial charge in [0, 0.05) is 22.1 Å². The largest absolute Gasteiger partial charge is 0.299 e. The molecule has 1 aromatic rings. The molecule has 0 atom stereocenters. The first-order valence-corrected chi connectivity index (χ1v) is 5.65. The second-order valence-electron chi connectivity index (χ2n) is 3.75. The quantitative estimate of drug-likeness (QED) is 0.720. The van der Waals surface area contributed by atoms with Crippen LogP contribution in [0, 0.1) is 12.8 Å². The van der Waals surface area contributed by atoms with Gasteiger partial charge in [0.15, 0.2) is 0 Å². The van der Waals surface area contributed by atoms with Crippen LogP contribution in [-0.2, 0) is 11.2 Å². The first-order chi connectivity index (χ1) is 6.25. The number of hydrogen-bond donors (Lipinski definition) is 0. The van der Waals surface area contributed by atoms with Gasteiger partial charge in [-0.25, -0.2) is 0 Å². The molecule has 1 aromatic heterocycles. The van der Waals surface area contributed by atoms with Crippen LogP contribution in [0.4, 0.5) is 0 Å². The van der Waals surface area contributed by atoms with Crippen LogP contribution < -0.4 is 0 Å². The summed E-state index contributed by atoms with van der Waals surface area (Å²) in [6.45, 7) is 2.11. The van der Waals surface area contributed by atoms with Crippen molar-refractivity contribution < 1.29 is 4.79 Å². The van der Waals surface area contributed by atoms with Gasteiger partial charge in [-0.2, -0.15) is 0 Å². The molecule has 0 aliphatic heterocycles. The minimum atomic E-state index is 0.432. The standard InChI is InChI=1S/C11H14OS/c1-8-2-5-10(13-8)6-7-11(12)9-3-4-9/h2,5,9H,3-4,6-7H2,1H3. The van der Waals surface area contributed by atoms with Crippen molar-refractivity contribution in [2.45, 2.75) is 32.6 Å². The molecule has 1 saturated carbocycles. The van der Waals surface area contributed by atoms with Gasteiger partial charge in [0.1, 0.15) is 5.78 Å².